The van der Waals surface area contributed by atoms with Crippen LogP contribution in [0, 0.1) is 12.3 Å². The van der Waals surface area contributed by atoms with Gasteiger partial charge >= 0.3 is 0 Å². The predicted molar refractivity (Wildman–Crippen MR) is 104 cm³/mol. The zero-order valence-electron chi connectivity index (χ0n) is 16.0. The number of aryl methyl sites for hydroxylation is 1. The third-order valence-corrected chi connectivity index (χ3v) is 5.96. The summed E-state index contributed by atoms with van der Waals surface area (Å²) in [5.41, 5.74) is 8.48. The number of aromatic nitrogens is 2. The van der Waals surface area contributed by atoms with Crippen LogP contribution in [0.5, 0.6) is 5.75 Å². The molecule has 0 aliphatic carbocycles. The summed E-state index contributed by atoms with van der Waals surface area (Å²) in [5, 5.41) is 0. The Hall–Kier alpha value is -2.63. The molecule has 2 N–H and O–H groups in total. The molecule has 1 amide bonds. The van der Waals surface area contributed by atoms with Crippen molar-refractivity contribution in [2.75, 3.05) is 18.0 Å². The van der Waals surface area contributed by atoms with E-state index in [1.807, 2.05) is 32.0 Å². The van der Waals surface area contributed by atoms with Crippen molar-refractivity contribution in [1.29, 1.82) is 0 Å². The highest BCUT2D eigenvalue weighted by Gasteiger charge is 2.40. The Bertz CT molecular complexity index is 882. The molecule has 3 heterocycles. The van der Waals surface area contributed by atoms with E-state index in [-0.39, 0.29) is 5.91 Å². The molecule has 6 heteroatoms. The summed E-state index contributed by atoms with van der Waals surface area (Å²) in [4.78, 5) is 23.9. The molecule has 0 radical (unpaired) electrons. The molecule has 0 bridgehead atoms. The van der Waals surface area contributed by atoms with Crippen LogP contribution in [0.15, 0.2) is 24.3 Å². The average molecular weight is 366 g/mol. The van der Waals surface area contributed by atoms with E-state index in [9.17, 15) is 4.79 Å². The minimum Gasteiger partial charge on any atom is -0.487 e. The number of primary amides is 1. The van der Waals surface area contributed by atoms with Crippen LogP contribution in [0.4, 0.5) is 5.82 Å². The van der Waals surface area contributed by atoms with Crippen molar-refractivity contribution in [3.05, 3.63) is 46.9 Å². The molecule has 1 fully saturated rings. The summed E-state index contributed by atoms with van der Waals surface area (Å²) < 4.78 is 5.99. The molecule has 1 atom stereocenters. The van der Waals surface area contributed by atoms with Crippen molar-refractivity contribution in [3.8, 4) is 5.75 Å². The molecule has 0 unspecified atom stereocenters. The third-order valence-electron chi connectivity index (χ3n) is 5.96. The molecule has 4 rings (SSSR count). The van der Waals surface area contributed by atoms with E-state index in [4.69, 9.17) is 15.5 Å². The van der Waals surface area contributed by atoms with E-state index >= 15 is 0 Å². The van der Waals surface area contributed by atoms with Gasteiger partial charge in [-0.05, 0) is 37.8 Å². The fraction of sp³-hybridized carbons (Fsp3) is 0.476. The number of carbonyl (C=O) groups is 1. The molecule has 142 valence electrons. The molecule has 27 heavy (non-hydrogen) atoms. The Labute approximate surface area is 159 Å². The summed E-state index contributed by atoms with van der Waals surface area (Å²) in [5.74, 6) is 2.35. The molecule has 6 nitrogen and oxygen atoms in total. The molecular weight excluding hydrogens is 340 g/mol. The van der Waals surface area contributed by atoms with Gasteiger partial charge in [-0.1, -0.05) is 25.1 Å². The number of rotatable bonds is 3. The van der Waals surface area contributed by atoms with Gasteiger partial charge in [0.25, 0.3) is 0 Å². The maximum absolute atomic E-state index is 12.2. The lowest BCUT2D eigenvalue weighted by atomic mass is 9.77. The van der Waals surface area contributed by atoms with Gasteiger partial charge in [0.2, 0.25) is 5.91 Å². The Morgan fingerprint density at radius 1 is 1.33 bits per heavy atom. The molecule has 1 saturated heterocycles. The van der Waals surface area contributed by atoms with Crippen molar-refractivity contribution in [1.82, 2.24) is 9.97 Å². The second-order valence-corrected chi connectivity index (χ2v) is 7.62. The van der Waals surface area contributed by atoms with Crippen LogP contribution in [0.3, 0.4) is 0 Å². The number of ether oxygens (including phenoxy) is 1. The first-order valence-electron chi connectivity index (χ1n) is 9.64. The van der Waals surface area contributed by atoms with Crippen LogP contribution in [-0.2, 0) is 17.8 Å². The Morgan fingerprint density at radius 3 is 2.93 bits per heavy atom. The van der Waals surface area contributed by atoms with E-state index in [2.05, 4.69) is 16.0 Å². The highest BCUT2D eigenvalue weighted by Crippen LogP contribution is 2.38. The summed E-state index contributed by atoms with van der Waals surface area (Å²) in [7, 11) is 0. The lowest BCUT2D eigenvalue weighted by Gasteiger charge is -2.41. The molecule has 2 aliphatic rings. The first-order valence-corrected chi connectivity index (χ1v) is 9.64. The minimum absolute atomic E-state index is 0.208. The fourth-order valence-corrected chi connectivity index (χ4v) is 4.30. The van der Waals surface area contributed by atoms with E-state index in [1.54, 1.807) is 0 Å². The van der Waals surface area contributed by atoms with Crippen molar-refractivity contribution < 1.29 is 9.53 Å². The zero-order chi connectivity index (χ0) is 19.0. The van der Waals surface area contributed by atoms with Gasteiger partial charge in [0.15, 0.2) is 0 Å². The van der Waals surface area contributed by atoms with Crippen LogP contribution in [-0.4, -0.2) is 29.0 Å². The fourth-order valence-electron chi connectivity index (χ4n) is 4.30. The number of anilines is 1. The van der Waals surface area contributed by atoms with Gasteiger partial charge in [-0.2, -0.15) is 0 Å². The summed E-state index contributed by atoms with van der Waals surface area (Å²) in [6, 6.07) is 8.10. The monoisotopic (exact) mass is 366 g/mol. The summed E-state index contributed by atoms with van der Waals surface area (Å²) >= 11 is 0. The number of piperidine rings is 1. The van der Waals surface area contributed by atoms with Crippen LogP contribution in [0.2, 0.25) is 0 Å². The van der Waals surface area contributed by atoms with Crippen LogP contribution < -0.4 is 15.4 Å². The van der Waals surface area contributed by atoms with Crippen LogP contribution >= 0.6 is 0 Å². The Morgan fingerprint density at radius 2 is 2.15 bits per heavy atom. The number of amides is 1. The molecule has 2 aromatic rings. The lowest BCUT2D eigenvalue weighted by Crippen LogP contribution is -2.50. The number of nitrogens with zero attached hydrogens (tertiary/aromatic N) is 3. The smallest absolute Gasteiger partial charge is 0.225 e. The Balaban J connectivity index is 1.76. The Kier molecular flexibility index (Phi) is 4.50. The second kappa shape index (κ2) is 6.83. The molecule has 0 spiro atoms. The predicted octanol–water partition coefficient (Wildman–Crippen LogP) is 2.75. The number of benzene rings is 1. The minimum atomic E-state index is -0.483. The number of nitrogens with two attached hydrogens (primary N) is 1. The van der Waals surface area contributed by atoms with Crippen LogP contribution in [0.1, 0.15) is 48.8 Å². The number of carbonyl (C=O) groups excluding carboxylic acids is 1. The maximum Gasteiger partial charge on any atom is 0.225 e. The summed E-state index contributed by atoms with van der Waals surface area (Å²) in [6.07, 6.45) is 3.25. The van der Waals surface area contributed by atoms with E-state index in [1.165, 1.54) is 0 Å². The van der Waals surface area contributed by atoms with Crippen molar-refractivity contribution in [3.63, 3.8) is 0 Å². The van der Waals surface area contributed by atoms with Gasteiger partial charge in [-0.3, -0.25) is 4.79 Å². The maximum atomic E-state index is 12.2. The molecule has 1 aromatic heterocycles. The van der Waals surface area contributed by atoms with E-state index in [0.717, 1.165) is 66.4 Å². The molecular formula is C21H26N4O2. The number of hydrogen-bond acceptors (Lipinski definition) is 5. The van der Waals surface area contributed by atoms with E-state index < -0.39 is 5.41 Å². The van der Waals surface area contributed by atoms with Crippen molar-refractivity contribution in [2.45, 2.75) is 46.1 Å². The quantitative estimate of drug-likeness (QED) is 0.903. The SMILES string of the molecule is CC[C@@]1(C(N)=O)CCCN(c2nc(C)nc3c2Cc2ccccc2OC3)C1. The average Bonchev–Trinajstić information content (AvgIpc) is 2.86. The zero-order valence-corrected chi connectivity index (χ0v) is 16.0. The first kappa shape index (κ1) is 17.8. The molecule has 1 aromatic carbocycles. The third kappa shape index (κ3) is 3.13. The molecule has 2 aliphatic heterocycles. The van der Waals surface area contributed by atoms with Crippen LogP contribution in [0.25, 0.3) is 0 Å². The van der Waals surface area contributed by atoms with Gasteiger partial charge in [0.05, 0.1) is 11.1 Å². The second-order valence-electron chi connectivity index (χ2n) is 7.62. The van der Waals surface area contributed by atoms with Crippen molar-refractivity contribution >= 4 is 11.7 Å². The number of fused-ring (bicyclic) bond motifs is 2. The number of para-hydroxylation sites is 1. The van der Waals surface area contributed by atoms with Gasteiger partial charge in [-0.25, -0.2) is 9.97 Å². The van der Waals surface area contributed by atoms with Gasteiger partial charge in [0, 0.05) is 25.1 Å². The largest absolute Gasteiger partial charge is 0.487 e. The highest BCUT2D eigenvalue weighted by atomic mass is 16.5. The summed E-state index contributed by atoms with van der Waals surface area (Å²) in [6.45, 7) is 5.88. The van der Waals surface area contributed by atoms with Crippen molar-refractivity contribution in [2.24, 2.45) is 11.1 Å². The normalized spacial score (nSPS) is 21.6. The van der Waals surface area contributed by atoms with Gasteiger partial charge < -0.3 is 15.4 Å². The topological polar surface area (TPSA) is 81.3 Å². The first-order chi connectivity index (χ1) is 13.0. The highest BCUT2D eigenvalue weighted by molar-refractivity contribution is 5.82. The van der Waals surface area contributed by atoms with E-state index in [0.29, 0.717) is 13.2 Å². The molecule has 0 saturated carbocycles. The van der Waals surface area contributed by atoms with Gasteiger partial charge in [0.1, 0.15) is 24.0 Å². The van der Waals surface area contributed by atoms with Gasteiger partial charge in [-0.15, -0.1) is 0 Å². The number of hydrogen-bond donors (Lipinski definition) is 1. The lowest BCUT2D eigenvalue weighted by molar-refractivity contribution is -0.128. The standard InChI is InChI=1S/C21H26N4O2/c1-3-21(20(22)26)9-6-10-25(13-21)19-16-11-15-7-4-5-8-18(15)27-12-17(16)23-14(2)24-19/h4-5,7-8H,3,6,9-13H2,1-2H3,(H2,22,26)/t21-/m1/s1.